The van der Waals surface area contributed by atoms with Gasteiger partial charge in [-0.3, -0.25) is 0 Å². The first-order valence-electron chi connectivity index (χ1n) is 6.50. The maximum atomic E-state index is 11.2. The topological polar surface area (TPSA) is 77.2 Å². The summed E-state index contributed by atoms with van der Waals surface area (Å²) < 4.78 is 0. The van der Waals surface area contributed by atoms with Crippen LogP contribution in [-0.2, 0) is 6.42 Å². The Labute approximate surface area is 123 Å². The zero-order chi connectivity index (χ0) is 15.2. The van der Waals surface area contributed by atoms with Crippen molar-refractivity contribution in [3.63, 3.8) is 0 Å². The predicted octanol–water partition coefficient (Wildman–Crippen LogP) is 2.33. The van der Waals surface area contributed by atoms with Crippen LogP contribution in [0, 0.1) is 11.3 Å². The van der Waals surface area contributed by atoms with E-state index in [1.807, 2.05) is 36.2 Å². The maximum absolute atomic E-state index is 11.2. The molecule has 5 nitrogen and oxygen atoms in total. The smallest absolute Gasteiger partial charge is 0.335 e. The molecule has 0 amide bonds. The number of carbonyl (C=O) groups is 1. The number of aromatic carboxylic acids is 1. The van der Waals surface area contributed by atoms with Gasteiger partial charge in [-0.1, -0.05) is 18.2 Å². The van der Waals surface area contributed by atoms with E-state index in [1.165, 1.54) is 0 Å². The Morgan fingerprint density at radius 3 is 2.71 bits per heavy atom. The number of carboxylic acids is 1. The monoisotopic (exact) mass is 281 g/mol. The largest absolute Gasteiger partial charge is 0.478 e. The highest BCUT2D eigenvalue weighted by molar-refractivity contribution is 5.89. The van der Waals surface area contributed by atoms with Crippen molar-refractivity contribution in [2.75, 3.05) is 18.5 Å². The van der Waals surface area contributed by atoms with E-state index in [2.05, 4.69) is 4.98 Å². The van der Waals surface area contributed by atoms with Crippen molar-refractivity contribution in [2.45, 2.75) is 6.42 Å². The van der Waals surface area contributed by atoms with Crippen molar-refractivity contribution in [2.24, 2.45) is 0 Å². The summed E-state index contributed by atoms with van der Waals surface area (Å²) >= 11 is 0. The molecule has 0 radical (unpaired) electrons. The molecule has 0 fully saturated rings. The van der Waals surface area contributed by atoms with Gasteiger partial charge in [0.25, 0.3) is 0 Å². The van der Waals surface area contributed by atoms with Crippen LogP contribution < -0.4 is 4.90 Å². The summed E-state index contributed by atoms with van der Waals surface area (Å²) in [6, 6.07) is 12.5. The van der Waals surface area contributed by atoms with E-state index < -0.39 is 5.97 Å². The van der Waals surface area contributed by atoms with Gasteiger partial charge >= 0.3 is 5.97 Å². The first-order chi connectivity index (χ1) is 10.1. The fourth-order valence-electron chi connectivity index (χ4n) is 2.04. The van der Waals surface area contributed by atoms with Gasteiger partial charge in [0.1, 0.15) is 11.8 Å². The summed E-state index contributed by atoms with van der Waals surface area (Å²) in [7, 11) is 1.91. The number of hydrogen-bond acceptors (Lipinski definition) is 4. The zero-order valence-corrected chi connectivity index (χ0v) is 11.7. The van der Waals surface area contributed by atoms with Gasteiger partial charge in [0.2, 0.25) is 0 Å². The molecule has 1 aromatic heterocycles. The first kappa shape index (κ1) is 14.5. The van der Waals surface area contributed by atoms with E-state index >= 15 is 0 Å². The van der Waals surface area contributed by atoms with E-state index in [0.717, 1.165) is 11.3 Å². The van der Waals surface area contributed by atoms with Gasteiger partial charge in [-0.05, 0) is 30.2 Å². The van der Waals surface area contributed by atoms with Crippen molar-refractivity contribution < 1.29 is 9.90 Å². The second-order valence-electron chi connectivity index (χ2n) is 4.65. The van der Waals surface area contributed by atoms with Crippen molar-refractivity contribution in [3.05, 3.63) is 59.4 Å². The number of rotatable bonds is 5. The fraction of sp³-hybridized carbons (Fsp3) is 0.188. The average Bonchev–Trinajstić information content (AvgIpc) is 2.52. The van der Waals surface area contributed by atoms with Gasteiger partial charge in [-0.25, -0.2) is 9.78 Å². The normalized spacial score (nSPS) is 9.90. The Morgan fingerprint density at radius 2 is 2.10 bits per heavy atom. The minimum atomic E-state index is -0.909. The molecule has 1 N–H and O–H groups in total. The molecular formula is C16H15N3O2. The van der Waals surface area contributed by atoms with Gasteiger partial charge in [0.15, 0.2) is 0 Å². The molecule has 0 aliphatic heterocycles. The number of nitrogens with zero attached hydrogens (tertiary/aromatic N) is 3. The highest BCUT2D eigenvalue weighted by Gasteiger charge is 2.10. The maximum Gasteiger partial charge on any atom is 0.335 e. The average molecular weight is 281 g/mol. The standard InChI is InChI=1S/C16H15N3O2/c1-19(14-7-6-13(10-17)18-11-14)9-8-12-4-2-3-5-15(12)16(20)21/h2-7,11H,8-9H2,1H3,(H,20,21). The molecule has 0 bridgehead atoms. The molecular weight excluding hydrogens is 266 g/mol. The summed E-state index contributed by atoms with van der Waals surface area (Å²) in [4.78, 5) is 17.2. The van der Waals surface area contributed by atoms with Gasteiger partial charge < -0.3 is 10.0 Å². The summed E-state index contributed by atoms with van der Waals surface area (Å²) in [6.07, 6.45) is 2.26. The van der Waals surface area contributed by atoms with Crippen molar-refractivity contribution in [3.8, 4) is 6.07 Å². The van der Waals surface area contributed by atoms with Crippen LogP contribution in [0.15, 0.2) is 42.6 Å². The second kappa shape index (κ2) is 6.53. The van der Waals surface area contributed by atoms with Gasteiger partial charge in [-0.15, -0.1) is 0 Å². The highest BCUT2D eigenvalue weighted by Crippen LogP contribution is 2.14. The van der Waals surface area contributed by atoms with Crippen LogP contribution in [0.4, 0.5) is 5.69 Å². The third kappa shape index (κ3) is 3.57. The van der Waals surface area contributed by atoms with Crippen LogP contribution in [-0.4, -0.2) is 29.7 Å². The molecule has 0 saturated carbocycles. The molecule has 2 aromatic rings. The fourth-order valence-corrected chi connectivity index (χ4v) is 2.04. The Morgan fingerprint density at radius 1 is 1.33 bits per heavy atom. The summed E-state index contributed by atoms with van der Waals surface area (Å²) in [5, 5.41) is 17.9. The second-order valence-corrected chi connectivity index (χ2v) is 4.65. The van der Waals surface area contributed by atoms with Crippen LogP contribution in [0.5, 0.6) is 0 Å². The number of benzene rings is 1. The third-order valence-electron chi connectivity index (χ3n) is 3.27. The molecule has 5 heteroatoms. The molecule has 0 aliphatic rings. The van der Waals surface area contributed by atoms with Gasteiger partial charge in [0, 0.05) is 13.6 Å². The summed E-state index contributed by atoms with van der Waals surface area (Å²) in [5.41, 5.74) is 2.41. The Kier molecular flexibility index (Phi) is 4.52. The van der Waals surface area contributed by atoms with E-state index in [0.29, 0.717) is 24.2 Å². The minimum Gasteiger partial charge on any atom is -0.478 e. The Hall–Kier alpha value is -2.87. The molecule has 0 unspecified atom stereocenters. The number of hydrogen-bond donors (Lipinski definition) is 1. The number of carboxylic acid groups (broad SMARTS) is 1. The van der Waals surface area contributed by atoms with Gasteiger partial charge in [0.05, 0.1) is 17.4 Å². The molecule has 0 spiro atoms. The third-order valence-corrected chi connectivity index (χ3v) is 3.27. The molecule has 21 heavy (non-hydrogen) atoms. The molecule has 0 atom stereocenters. The molecule has 106 valence electrons. The summed E-state index contributed by atoms with van der Waals surface area (Å²) in [6.45, 7) is 0.665. The van der Waals surface area contributed by atoms with Crippen LogP contribution in [0.25, 0.3) is 0 Å². The lowest BCUT2D eigenvalue weighted by atomic mass is 10.0. The Balaban J connectivity index is 2.05. The van der Waals surface area contributed by atoms with Crippen LogP contribution in [0.2, 0.25) is 0 Å². The molecule has 2 rings (SSSR count). The number of likely N-dealkylation sites (N-methyl/N-ethyl adjacent to an activating group) is 1. The predicted molar refractivity (Wildman–Crippen MR) is 79.3 cm³/mol. The number of anilines is 1. The van der Waals surface area contributed by atoms with Crippen LogP contribution >= 0.6 is 0 Å². The van der Waals surface area contributed by atoms with Gasteiger partial charge in [-0.2, -0.15) is 5.26 Å². The van der Waals surface area contributed by atoms with Crippen molar-refractivity contribution in [1.29, 1.82) is 5.26 Å². The molecule has 1 heterocycles. The molecule has 1 aromatic carbocycles. The number of pyridine rings is 1. The summed E-state index contributed by atoms with van der Waals surface area (Å²) in [5.74, 6) is -0.909. The number of nitriles is 1. The quantitative estimate of drug-likeness (QED) is 0.910. The lowest BCUT2D eigenvalue weighted by Crippen LogP contribution is -2.21. The SMILES string of the molecule is CN(CCc1ccccc1C(=O)O)c1ccc(C#N)nc1. The molecule has 0 saturated heterocycles. The lowest BCUT2D eigenvalue weighted by Gasteiger charge is -2.19. The highest BCUT2D eigenvalue weighted by atomic mass is 16.4. The lowest BCUT2D eigenvalue weighted by molar-refractivity contribution is 0.0695. The first-order valence-corrected chi connectivity index (χ1v) is 6.50. The van der Waals surface area contributed by atoms with E-state index in [1.54, 1.807) is 24.4 Å². The Bertz CT molecular complexity index is 675. The van der Waals surface area contributed by atoms with Crippen molar-refractivity contribution >= 4 is 11.7 Å². The number of aromatic nitrogens is 1. The zero-order valence-electron chi connectivity index (χ0n) is 11.7. The van der Waals surface area contributed by atoms with E-state index in [-0.39, 0.29) is 0 Å². The minimum absolute atomic E-state index is 0.337. The van der Waals surface area contributed by atoms with Crippen LogP contribution in [0.1, 0.15) is 21.6 Å². The van der Waals surface area contributed by atoms with E-state index in [9.17, 15) is 4.79 Å². The molecule has 0 aliphatic carbocycles. The van der Waals surface area contributed by atoms with E-state index in [4.69, 9.17) is 10.4 Å². The van der Waals surface area contributed by atoms with Crippen LogP contribution in [0.3, 0.4) is 0 Å². The van der Waals surface area contributed by atoms with Crippen molar-refractivity contribution in [1.82, 2.24) is 4.98 Å².